The molecule has 0 spiro atoms. The maximum atomic E-state index is 11.3. The Hall–Kier alpha value is -2.42. The second-order valence-electron chi connectivity index (χ2n) is 5.72. The molecule has 3 rings (SSSR count). The minimum atomic E-state index is -3.76. The minimum Gasteiger partial charge on any atom is -0.493 e. The largest absolute Gasteiger partial charge is 0.493 e. The topological polar surface area (TPSA) is 110 Å². The van der Waals surface area contributed by atoms with Crippen LogP contribution < -0.4 is 5.14 Å². The average Bonchev–Trinajstić information content (AvgIpc) is 2.84. The van der Waals surface area contributed by atoms with Crippen LogP contribution in [0.5, 0.6) is 5.88 Å². The van der Waals surface area contributed by atoms with E-state index in [1.165, 1.54) is 24.3 Å². The number of sulfonamides is 1. The van der Waals surface area contributed by atoms with E-state index in [1.54, 1.807) is 16.7 Å². The second-order valence-corrected chi connectivity index (χ2v) is 7.72. The van der Waals surface area contributed by atoms with Crippen molar-refractivity contribution < 1.29 is 13.5 Å². The predicted octanol–water partition coefficient (Wildman–Crippen LogP) is 4.47. The first-order valence-electron chi connectivity index (χ1n) is 7.86. The van der Waals surface area contributed by atoms with Crippen LogP contribution in [0, 0.1) is 0 Å². The van der Waals surface area contributed by atoms with Crippen molar-refractivity contribution in [3.8, 4) is 5.88 Å². The summed E-state index contributed by atoms with van der Waals surface area (Å²) in [6.07, 6.45) is 0.839. The maximum absolute atomic E-state index is 11.3. The van der Waals surface area contributed by atoms with Crippen LogP contribution in [0.25, 0.3) is 10.9 Å². The molecule has 0 amide bonds. The van der Waals surface area contributed by atoms with Gasteiger partial charge >= 0.3 is 0 Å². The molecule has 2 aromatic carbocycles. The molecule has 3 N–H and O–H groups in total. The van der Waals surface area contributed by atoms with E-state index in [2.05, 4.69) is 10.2 Å². The van der Waals surface area contributed by atoms with E-state index in [1.807, 2.05) is 13.0 Å². The number of aryl methyl sites for hydroxylation is 1. The van der Waals surface area contributed by atoms with E-state index >= 15 is 0 Å². The lowest BCUT2D eigenvalue weighted by molar-refractivity contribution is 0.421. The number of benzene rings is 2. The van der Waals surface area contributed by atoms with Crippen molar-refractivity contribution in [3.05, 3.63) is 47.5 Å². The molecule has 0 saturated carbocycles. The number of azo groups is 1. The molecular formula is C17H17ClN4O3S. The van der Waals surface area contributed by atoms with Gasteiger partial charge in [-0.2, -0.15) is 5.11 Å². The number of rotatable bonds is 5. The third-order valence-corrected chi connectivity index (χ3v) is 5.01. The van der Waals surface area contributed by atoms with Crippen molar-refractivity contribution in [2.75, 3.05) is 0 Å². The molecule has 7 nitrogen and oxygen atoms in total. The molecule has 0 radical (unpaired) electrons. The molecule has 0 unspecified atom stereocenters. The van der Waals surface area contributed by atoms with E-state index in [0.717, 1.165) is 11.9 Å². The van der Waals surface area contributed by atoms with Crippen molar-refractivity contribution in [1.29, 1.82) is 0 Å². The van der Waals surface area contributed by atoms with Crippen molar-refractivity contribution >= 4 is 43.9 Å². The monoisotopic (exact) mass is 392 g/mol. The van der Waals surface area contributed by atoms with Gasteiger partial charge in [-0.3, -0.25) is 0 Å². The van der Waals surface area contributed by atoms with E-state index in [-0.39, 0.29) is 10.8 Å². The Morgan fingerprint density at radius 3 is 2.46 bits per heavy atom. The highest BCUT2D eigenvalue weighted by Gasteiger charge is 2.16. The summed E-state index contributed by atoms with van der Waals surface area (Å²) >= 11 is 6.07. The highest BCUT2D eigenvalue weighted by Crippen LogP contribution is 2.40. The normalized spacial score (nSPS) is 12.3. The van der Waals surface area contributed by atoms with Gasteiger partial charge in [-0.05, 0) is 48.9 Å². The van der Waals surface area contributed by atoms with Crippen LogP contribution in [0.2, 0.25) is 5.02 Å². The molecule has 0 aliphatic heterocycles. The van der Waals surface area contributed by atoms with Crippen LogP contribution in [0.1, 0.15) is 13.3 Å². The average molecular weight is 393 g/mol. The number of aromatic hydroxyl groups is 1. The summed E-state index contributed by atoms with van der Waals surface area (Å²) in [6.45, 7) is 2.64. The highest BCUT2D eigenvalue weighted by atomic mass is 35.5. The summed E-state index contributed by atoms with van der Waals surface area (Å²) in [7, 11) is -3.76. The molecule has 0 saturated heterocycles. The lowest BCUT2D eigenvalue weighted by Gasteiger charge is -2.03. The Balaban J connectivity index is 2.04. The molecular weight excluding hydrogens is 376 g/mol. The number of aromatic nitrogens is 1. The van der Waals surface area contributed by atoms with Crippen molar-refractivity contribution in [2.24, 2.45) is 15.4 Å². The molecule has 0 aliphatic carbocycles. The fraction of sp³-hybridized carbons (Fsp3) is 0.176. The van der Waals surface area contributed by atoms with Gasteiger partial charge in [0.2, 0.25) is 15.9 Å². The number of hydrogen-bond donors (Lipinski definition) is 2. The second kappa shape index (κ2) is 7.06. The number of hydrogen-bond acceptors (Lipinski definition) is 5. The number of primary sulfonamides is 1. The van der Waals surface area contributed by atoms with Gasteiger partial charge in [-0.1, -0.05) is 18.5 Å². The molecule has 1 aromatic heterocycles. The Bertz CT molecular complexity index is 1090. The van der Waals surface area contributed by atoms with Gasteiger partial charge < -0.3 is 9.67 Å². The van der Waals surface area contributed by atoms with Gasteiger partial charge in [-0.15, -0.1) is 5.11 Å². The lowest BCUT2D eigenvalue weighted by atomic mass is 10.2. The molecule has 136 valence electrons. The van der Waals surface area contributed by atoms with Gasteiger partial charge in [0, 0.05) is 17.0 Å². The van der Waals surface area contributed by atoms with Gasteiger partial charge in [0.1, 0.15) is 0 Å². The SMILES string of the molecule is CCCn1c(O)c(N=Nc2ccc(S(N)(=O)=O)cc2)c2cc(Cl)ccc21. The number of fused-ring (bicyclic) bond motifs is 1. The highest BCUT2D eigenvalue weighted by molar-refractivity contribution is 7.89. The van der Waals surface area contributed by atoms with Crippen LogP contribution >= 0.6 is 11.6 Å². The van der Waals surface area contributed by atoms with Gasteiger partial charge in [0.05, 0.1) is 16.1 Å². The maximum Gasteiger partial charge on any atom is 0.238 e. The first-order chi connectivity index (χ1) is 12.3. The molecule has 1 heterocycles. The van der Waals surface area contributed by atoms with Crippen LogP contribution in [-0.4, -0.2) is 18.1 Å². The van der Waals surface area contributed by atoms with Crippen LogP contribution in [0.15, 0.2) is 57.6 Å². The summed E-state index contributed by atoms with van der Waals surface area (Å²) in [5.74, 6) is 0.00835. The molecule has 0 aliphatic rings. The summed E-state index contributed by atoms with van der Waals surface area (Å²) in [6, 6.07) is 11.0. The zero-order valence-corrected chi connectivity index (χ0v) is 15.5. The Kier molecular flexibility index (Phi) is 4.99. The fourth-order valence-electron chi connectivity index (χ4n) is 2.65. The van der Waals surface area contributed by atoms with Gasteiger partial charge in [0.15, 0.2) is 5.69 Å². The molecule has 26 heavy (non-hydrogen) atoms. The first-order valence-corrected chi connectivity index (χ1v) is 9.79. The lowest BCUT2D eigenvalue weighted by Crippen LogP contribution is -2.11. The Morgan fingerprint density at radius 1 is 1.15 bits per heavy atom. The van der Waals surface area contributed by atoms with Crippen molar-refractivity contribution in [2.45, 2.75) is 24.8 Å². The molecule has 0 atom stereocenters. The van der Waals surface area contributed by atoms with Crippen molar-refractivity contribution in [1.82, 2.24) is 4.57 Å². The zero-order valence-electron chi connectivity index (χ0n) is 13.9. The summed E-state index contributed by atoms with van der Waals surface area (Å²) < 4.78 is 24.3. The van der Waals surface area contributed by atoms with E-state index < -0.39 is 10.0 Å². The van der Waals surface area contributed by atoms with Crippen LogP contribution in [-0.2, 0) is 16.6 Å². The number of nitrogens with two attached hydrogens (primary N) is 1. The molecule has 0 fully saturated rings. The molecule has 3 aromatic rings. The fourth-order valence-corrected chi connectivity index (χ4v) is 3.34. The van der Waals surface area contributed by atoms with Crippen LogP contribution in [0.4, 0.5) is 11.4 Å². The summed E-state index contributed by atoms with van der Waals surface area (Å²) in [5.41, 5.74) is 1.55. The molecule has 0 bridgehead atoms. The summed E-state index contributed by atoms with van der Waals surface area (Å²) in [5, 5.41) is 25.1. The van der Waals surface area contributed by atoms with Crippen LogP contribution in [0.3, 0.4) is 0 Å². The third kappa shape index (κ3) is 3.57. The van der Waals surface area contributed by atoms with E-state index in [4.69, 9.17) is 16.7 Å². The summed E-state index contributed by atoms with van der Waals surface area (Å²) in [4.78, 5) is -0.00868. The van der Waals surface area contributed by atoms with E-state index in [0.29, 0.717) is 28.3 Å². The van der Waals surface area contributed by atoms with Gasteiger partial charge in [-0.25, -0.2) is 13.6 Å². The molecule has 9 heteroatoms. The standard InChI is InChI=1S/C17H17ClN4O3S/c1-2-9-22-15-8-3-11(18)10-14(15)16(17(22)23)21-20-12-4-6-13(7-5-12)26(19,24)25/h3-8,10,23H,2,9H2,1H3,(H2,19,24,25). The van der Waals surface area contributed by atoms with Crippen molar-refractivity contribution in [3.63, 3.8) is 0 Å². The van der Waals surface area contributed by atoms with E-state index in [9.17, 15) is 13.5 Å². The van der Waals surface area contributed by atoms with Gasteiger partial charge in [0.25, 0.3) is 0 Å². The predicted molar refractivity (Wildman–Crippen MR) is 101 cm³/mol. The number of halogens is 1. The Labute approximate surface area is 155 Å². The Morgan fingerprint density at radius 2 is 1.85 bits per heavy atom. The quantitative estimate of drug-likeness (QED) is 0.624. The number of nitrogens with zero attached hydrogens (tertiary/aromatic N) is 3. The zero-order chi connectivity index (χ0) is 18.9. The first kappa shape index (κ1) is 18.4. The smallest absolute Gasteiger partial charge is 0.238 e. The third-order valence-electron chi connectivity index (χ3n) is 3.85. The minimum absolute atomic E-state index is 0.00835.